The van der Waals surface area contributed by atoms with E-state index in [4.69, 9.17) is 0 Å². The van der Waals surface area contributed by atoms with Gasteiger partial charge in [0.25, 0.3) is 0 Å². The van der Waals surface area contributed by atoms with E-state index in [9.17, 15) is 0 Å². The molecule has 0 aromatic rings. The van der Waals surface area contributed by atoms with Crippen LogP contribution in [-0.4, -0.2) is 27.9 Å². The zero-order valence-electron chi connectivity index (χ0n) is 7.11. The molecule has 0 heterocycles. The van der Waals surface area contributed by atoms with Crippen LogP contribution in [0.4, 0.5) is 0 Å². The fraction of sp³-hybridized carbons (Fsp3) is 1.00. The van der Waals surface area contributed by atoms with E-state index in [0.717, 1.165) is 5.92 Å². The molecule has 50 valence electrons. The molecule has 0 spiro atoms. The van der Waals surface area contributed by atoms with Crippen molar-refractivity contribution in [3.8, 4) is 0 Å². The van der Waals surface area contributed by atoms with Crippen molar-refractivity contribution in [1.29, 1.82) is 0 Å². The van der Waals surface area contributed by atoms with E-state index in [1.54, 1.807) is 0 Å². The number of rotatable bonds is 5. The molecule has 0 saturated heterocycles. The predicted molar refractivity (Wildman–Crippen MR) is 43.9 cm³/mol. The first kappa shape index (κ1) is 10.0. The molecule has 0 saturated carbocycles. The zero-order chi connectivity index (χ0) is 7.11. The molecule has 0 bridgehead atoms. The Labute approximate surface area is 76.8 Å². The van der Waals surface area contributed by atoms with E-state index in [2.05, 4.69) is 13.8 Å². The molecule has 0 rings (SSSR count). The fourth-order valence-electron chi connectivity index (χ4n) is 1.37. The Morgan fingerprint density at radius 2 is 1.56 bits per heavy atom. The van der Waals surface area contributed by atoms with Crippen LogP contribution in [0.15, 0.2) is 0 Å². The van der Waals surface area contributed by atoms with E-state index >= 15 is 0 Å². The van der Waals surface area contributed by atoms with Gasteiger partial charge in [0.15, 0.2) is 0 Å². The van der Waals surface area contributed by atoms with Crippen LogP contribution in [0.2, 0.25) is 3.67 Å². The minimum atomic E-state index is 1.08. The molecule has 0 aliphatic carbocycles. The molecule has 9 heavy (non-hydrogen) atoms. The van der Waals surface area contributed by atoms with Crippen LogP contribution >= 0.6 is 0 Å². The van der Waals surface area contributed by atoms with Gasteiger partial charge in [0.1, 0.15) is 0 Å². The third-order valence-corrected chi connectivity index (χ3v) is 3.13. The van der Waals surface area contributed by atoms with Crippen LogP contribution in [-0.2, 0) is 0 Å². The molecular formula is C8H17Na. The van der Waals surface area contributed by atoms with Crippen LogP contribution in [0, 0.1) is 5.92 Å². The van der Waals surface area contributed by atoms with Crippen molar-refractivity contribution in [2.24, 2.45) is 5.92 Å². The Morgan fingerprint density at radius 3 is 1.78 bits per heavy atom. The van der Waals surface area contributed by atoms with Crippen molar-refractivity contribution in [3.05, 3.63) is 0 Å². The Balaban J connectivity index is 3.18. The first-order valence-corrected chi connectivity index (χ1v) is 5.76. The van der Waals surface area contributed by atoms with Crippen molar-refractivity contribution in [3.63, 3.8) is 0 Å². The molecule has 1 heteroatoms. The van der Waals surface area contributed by atoms with Crippen LogP contribution in [0.1, 0.15) is 39.5 Å². The minimum absolute atomic E-state index is 1.08. The van der Waals surface area contributed by atoms with Gasteiger partial charge in [-0.2, -0.15) is 0 Å². The molecular weight excluding hydrogens is 119 g/mol. The van der Waals surface area contributed by atoms with Gasteiger partial charge in [0.2, 0.25) is 0 Å². The molecule has 0 aromatic carbocycles. The maximum atomic E-state index is 2.29. The second-order valence-corrected chi connectivity index (χ2v) is 3.67. The van der Waals surface area contributed by atoms with Crippen molar-refractivity contribution in [2.45, 2.75) is 43.2 Å². The summed E-state index contributed by atoms with van der Waals surface area (Å²) in [6.45, 7) is 4.58. The molecule has 0 radical (unpaired) electrons. The third kappa shape index (κ3) is 5.44. The van der Waals surface area contributed by atoms with E-state index in [0.29, 0.717) is 0 Å². The molecule has 0 atom stereocenters. The standard InChI is InChI=1S/C8H17.Na/c1-4-6-8(3)7-5-2;/h8H,3-7H2,1-2H3;. The second kappa shape index (κ2) is 7.11. The summed E-state index contributed by atoms with van der Waals surface area (Å²) in [5, 5.41) is 0. The van der Waals surface area contributed by atoms with Crippen LogP contribution < -0.4 is 0 Å². The maximum absolute atomic E-state index is 2.29. The molecule has 0 unspecified atom stereocenters. The predicted octanol–water partition coefficient (Wildman–Crippen LogP) is 2.79. The first-order valence-electron chi connectivity index (χ1n) is 4.35. The molecule has 0 nitrogen and oxygen atoms in total. The van der Waals surface area contributed by atoms with E-state index < -0.39 is 0 Å². The van der Waals surface area contributed by atoms with Crippen molar-refractivity contribution < 1.29 is 0 Å². The Morgan fingerprint density at radius 1 is 1.11 bits per heavy atom. The molecule has 0 fully saturated rings. The monoisotopic (exact) mass is 136 g/mol. The second-order valence-electron chi connectivity index (χ2n) is 2.85. The van der Waals surface area contributed by atoms with Gasteiger partial charge in [0, 0.05) is 0 Å². The fourth-order valence-corrected chi connectivity index (χ4v) is 2.19. The van der Waals surface area contributed by atoms with E-state index in [1.807, 2.05) is 0 Å². The van der Waals surface area contributed by atoms with Crippen molar-refractivity contribution in [2.75, 3.05) is 0 Å². The molecule has 0 aliphatic heterocycles. The summed E-state index contributed by atoms with van der Waals surface area (Å²) in [5.74, 6) is 1.08. The number of hydrogen-bond acceptors (Lipinski definition) is 0. The quantitative estimate of drug-likeness (QED) is 0.510. The van der Waals surface area contributed by atoms with Crippen molar-refractivity contribution >= 4 is 27.9 Å². The summed E-state index contributed by atoms with van der Waals surface area (Å²) in [5.41, 5.74) is 0. The third-order valence-electron chi connectivity index (χ3n) is 1.97. The van der Waals surface area contributed by atoms with Gasteiger partial charge < -0.3 is 0 Å². The van der Waals surface area contributed by atoms with Gasteiger partial charge in [-0.05, 0) is 0 Å². The normalized spacial score (nSPS) is 10.8. The van der Waals surface area contributed by atoms with Gasteiger partial charge in [0.05, 0.1) is 0 Å². The van der Waals surface area contributed by atoms with Gasteiger partial charge in [-0.3, -0.25) is 0 Å². The van der Waals surface area contributed by atoms with Gasteiger partial charge in [-0.1, -0.05) is 0 Å². The summed E-state index contributed by atoms with van der Waals surface area (Å²) >= 11 is 1.40. The Hall–Kier alpha value is 1.00. The summed E-state index contributed by atoms with van der Waals surface area (Å²) < 4.78 is 1.52. The summed E-state index contributed by atoms with van der Waals surface area (Å²) in [6.07, 6.45) is 5.70. The summed E-state index contributed by atoms with van der Waals surface area (Å²) in [7, 11) is 0. The first-order chi connectivity index (χ1) is 4.35. The molecule has 0 aliphatic rings. The van der Waals surface area contributed by atoms with E-state index in [1.165, 1.54) is 57.3 Å². The topological polar surface area (TPSA) is 0 Å². The molecule has 0 aromatic heterocycles. The zero-order valence-corrected chi connectivity index (χ0v) is 9.11. The SMILES string of the molecule is CCCC([CH2][Na])CCC. The van der Waals surface area contributed by atoms with Gasteiger partial charge in [-0.25, -0.2) is 0 Å². The van der Waals surface area contributed by atoms with Gasteiger partial charge >= 0.3 is 77.0 Å². The van der Waals surface area contributed by atoms with Gasteiger partial charge in [-0.15, -0.1) is 0 Å². The Bertz CT molecular complexity index is 46.5. The molecule has 0 amide bonds. The van der Waals surface area contributed by atoms with Crippen LogP contribution in [0.5, 0.6) is 0 Å². The van der Waals surface area contributed by atoms with Crippen LogP contribution in [0.25, 0.3) is 0 Å². The summed E-state index contributed by atoms with van der Waals surface area (Å²) in [4.78, 5) is 0. The average molecular weight is 136 g/mol. The number of hydrogen-bond donors (Lipinski definition) is 0. The summed E-state index contributed by atoms with van der Waals surface area (Å²) in [6, 6.07) is 0. The van der Waals surface area contributed by atoms with Crippen molar-refractivity contribution in [1.82, 2.24) is 0 Å². The Kier molecular flexibility index (Phi) is 7.90. The van der Waals surface area contributed by atoms with Crippen LogP contribution in [0.3, 0.4) is 0 Å². The average Bonchev–Trinajstić information content (AvgIpc) is 1.88. The van der Waals surface area contributed by atoms with E-state index in [-0.39, 0.29) is 0 Å². The molecule has 0 N–H and O–H groups in total.